The summed E-state index contributed by atoms with van der Waals surface area (Å²) in [5.41, 5.74) is 1.92. The third-order valence-corrected chi connectivity index (χ3v) is 2.35. The summed E-state index contributed by atoms with van der Waals surface area (Å²) >= 11 is 5.91. The van der Waals surface area contributed by atoms with E-state index in [0.29, 0.717) is 12.6 Å². The Morgan fingerprint density at radius 3 is 2.81 bits per heavy atom. The lowest BCUT2D eigenvalue weighted by Crippen LogP contribution is -2.26. The Labute approximate surface area is 100 Å². The van der Waals surface area contributed by atoms with Crippen LogP contribution in [0, 0.1) is 0 Å². The van der Waals surface area contributed by atoms with Gasteiger partial charge in [-0.3, -0.25) is 0 Å². The fourth-order valence-electron chi connectivity index (χ4n) is 1.47. The highest BCUT2D eigenvalue weighted by atomic mass is 35.5. The van der Waals surface area contributed by atoms with E-state index in [2.05, 4.69) is 10.3 Å². The number of ether oxygens (including phenoxy) is 1. The highest BCUT2D eigenvalue weighted by Gasteiger charge is 2.17. The first-order chi connectivity index (χ1) is 7.44. The molecule has 0 radical (unpaired) electrons. The maximum absolute atomic E-state index is 5.91. The fraction of sp³-hybridized carbons (Fsp3) is 0.417. The van der Waals surface area contributed by atoms with Gasteiger partial charge in [0.25, 0.3) is 6.02 Å². The van der Waals surface area contributed by atoms with Gasteiger partial charge in [0.15, 0.2) is 0 Å². The van der Waals surface area contributed by atoms with Crippen molar-refractivity contribution in [1.29, 1.82) is 0 Å². The quantitative estimate of drug-likeness (QED) is 0.751. The number of nitrogens with one attached hydrogen (secondary N) is 1. The van der Waals surface area contributed by atoms with Crippen molar-refractivity contribution >= 4 is 23.3 Å². The molecule has 4 heteroatoms. The number of rotatable bonds is 0. The highest BCUT2D eigenvalue weighted by Crippen LogP contribution is 2.25. The molecule has 0 saturated heterocycles. The van der Waals surface area contributed by atoms with E-state index in [1.54, 1.807) is 0 Å². The second kappa shape index (κ2) is 3.98. The van der Waals surface area contributed by atoms with Gasteiger partial charge in [-0.1, -0.05) is 11.6 Å². The number of fused-ring (bicyclic) bond motifs is 1. The number of halogens is 1. The van der Waals surface area contributed by atoms with Crippen LogP contribution >= 0.6 is 11.6 Å². The molecule has 1 aromatic rings. The summed E-state index contributed by atoms with van der Waals surface area (Å²) in [7, 11) is 0. The summed E-state index contributed by atoms with van der Waals surface area (Å²) in [5, 5.41) is 3.87. The normalized spacial score (nSPS) is 17.6. The van der Waals surface area contributed by atoms with E-state index in [9.17, 15) is 0 Å². The molecule has 1 aromatic carbocycles. The van der Waals surface area contributed by atoms with Gasteiger partial charge in [-0.05, 0) is 39.0 Å². The van der Waals surface area contributed by atoms with Crippen LogP contribution < -0.4 is 5.32 Å². The van der Waals surface area contributed by atoms with Gasteiger partial charge >= 0.3 is 0 Å². The van der Waals surface area contributed by atoms with Gasteiger partial charge in [-0.2, -0.15) is 0 Å². The van der Waals surface area contributed by atoms with E-state index in [0.717, 1.165) is 16.3 Å². The Kier molecular flexibility index (Phi) is 2.80. The molecule has 0 spiro atoms. The molecule has 1 aliphatic heterocycles. The Morgan fingerprint density at radius 2 is 2.12 bits per heavy atom. The first kappa shape index (κ1) is 11.3. The van der Waals surface area contributed by atoms with Crippen LogP contribution in [-0.4, -0.2) is 11.6 Å². The Hall–Kier alpha value is -1.22. The van der Waals surface area contributed by atoms with Gasteiger partial charge in [-0.25, -0.2) is 4.99 Å². The molecular formula is C12H15ClN2O. The predicted molar refractivity (Wildman–Crippen MR) is 67.1 cm³/mol. The molecular weight excluding hydrogens is 224 g/mol. The van der Waals surface area contributed by atoms with Crippen molar-refractivity contribution < 1.29 is 4.74 Å². The molecule has 0 fully saturated rings. The smallest absolute Gasteiger partial charge is 0.290 e. The van der Waals surface area contributed by atoms with Crippen LogP contribution in [0.1, 0.15) is 26.3 Å². The van der Waals surface area contributed by atoms with Gasteiger partial charge in [0, 0.05) is 16.3 Å². The van der Waals surface area contributed by atoms with Crippen LogP contribution in [0.4, 0.5) is 5.69 Å². The summed E-state index contributed by atoms with van der Waals surface area (Å²) in [6.45, 7) is 6.60. The lowest BCUT2D eigenvalue weighted by atomic mass is 10.1. The van der Waals surface area contributed by atoms with E-state index < -0.39 is 0 Å². The summed E-state index contributed by atoms with van der Waals surface area (Å²) in [6, 6.07) is 6.27. The van der Waals surface area contributed by atoms with Crippen LogP contribution in [0.2, 0.25) is 5.02 Å². The number of nitrogens with zero attached hydrogens (tertiary/aromatic N) is 1. The predicted octanol–water partition coefficient (Wildman–Crippen LogP) is 3.44. The average molecular weight is 239 g/mol. The van der Waals surface area contributed by atoms with Crippen LogP contribution in [0.3, 0.4) is 0 Å². The molecule has 3 nitrogen and oxygen atoms in total. The SMILES string of the molecule is CC(C)(C)N=C1Nc2ccc(Cl)cc2CO1. The summed E-state index contributed by atoms with van der Waals surface area (Å²) in [6.07, 6.45) is 0. The molecule has 1 aliphatic rings. The summed E-state index contributed by atoms with van der Waals surface area (Å²) in [5.74, 6) is 0. The van der Waals surface area contributed by atoms with E-state index in [1.807, 2.05) is 39.0 Å². The van der Waals surface area contributed by atoms with Crippen molar-refractivity contribution in [3.05, 3.63) is 28.8 Å². The number of anilines is 1. The van der Waals surface area contributed by atoms with Gasteiger partial charge in [0.05, 0.1) is 5.54 Å². The van der Waals surface area contributed by atoms with E-state index in [-0.39, 0.29) is 5.54 Å². The molecule has 0 atom stereocenters. The largest absolute Gasteiger partial charge is 0.460 e. The van der Waals surface area contributed by atoms with Crippen molar-refractivity contribution in [2.75, 3.05) is 5.32 Å². The van der Waals surface area contributed by atoms with Crippen molar-refractivity contribution in [1.82, 2.24) is 0 Å². The van der Waals surface area contributed by atoms with E-state index >= 15 is 0 Å². The lowest BCUT2D eigenvalue weighted by molar-refractivity contribution is 0.280. The Balaban J connectivity index is 2.25. The summed E-state index contributed by atoms with van der Waals surface area (Å²) in [4.78, 5) is 4.44. The van der Waals surface area contributed by atoms with Gasteiger partial charge < -0.3 is 10.1 Å². The fourth-order valence-corrected chi connectivity index (χ4v) is 1.66. The number of aliphatic imine (C=N–C) groups is 1. The van der Waals surface area contributed by atoms with Crippen molar-refractivity contribution in [2.24, 2.45) is 4.99 Å². The van der Waals surface area contributed by atoms with Crippen LogP contribution in [-0.2, 0) is 11.3 Å². The number of hydrogen-bond donors (Lipinski definition) is 1. The van der Waals surface area contributed by atoms with Gasteiger partial charge in [0.2, 0.25) is 0 Å². The number of hydrogen-bond acceptors (Lipinski definition) is 2. The molecule has 16 heavy (non-hydrogen) atoms. The zero-order chi connectivity index (χ0) is 11.8. The molecule has 0 unspecified atom stereocenters. The second-order valence-corrected chi connectivity index (χ2v) is 5.24. The zero-order valence-corrected chi connectivity index (χ0v) is 10.4. The maximum Gasteiger partial charge on any atom is 0.290 e. The first-order valence-electron chi connectivity index (χ1n) is 5.22. The number of benzene rings is 1. The third kappa shape index (κ3) is 2.67. The minimum absolute atomic E-state index is 0.147. The Bertz CT molecular complexity index is 435. The van der Waals surface area contributed by atoms with Crippen LogP contribution in [0.25, 0.3) is 0 Å². The molecule has 0 saturated carbocycles. The molecule has 2 rings (SSSR count). The molecule has 0 aromatic heterocycles. The zero-order valence-electron chi connectivity index (χ0n) is 9.67. The van der Waals surface area contributed by atoms with Crippen molar-refractivity contribution in [2.45, 2.75) is 32.9 Å². The number of amidine groups is 1. The molecule has 1 N–H and O–H groups in total. The van der Waals surface area contributed by atoms with Crippen LogP contribution in [0.15, 0.2) is 23.2 Å². The molecule has 0 aliphatic carbocycles. The molecule has 0 bridgehead atoms. The summed E-state index contributed by atoms with van der Waals surface area (Å²) < 4.78 is 5.52. The minimum atomic E-state index is -0.147. The lowest BCUT2D eigenvalue weighted by Gasteiger charge is -2.23. The molecule has 86 valence electrons. The van der Waals surface area contributed by atoms with Gasteiger partial charge in [0.1, 0.15) is 6.61 Å². The average Bonchev–Trinajstić information content (AvgIpc) is 2.16. The topological polar surface area (TPSA) is 33.6 Å². The van der Waals surface area contributed by atoms with Crippen molar-refractivity contribution in [3.8, 4) is 0 Å². The molecule has 1 heterocycles. The molecule has 0 amide bonds. The van der Waals surface area contributed by atoms with E-state index in [4.69, 9.17) is 16.3 Å². The van der Waals surface area contributed by atoms with Gasteiger partial charge in [-0.15, -0.1) is 0 Å². The Morgan fingerprint density at radius 1 is 1.38 bits per heavy atom. The first-order valence-corrected chi connectivity index (χ1v) is 5.60. The minimum Gasteiger partial charge on any atom is -0.460 e. The maximum atomic E-state index is 5.91. The van der Waals surface area contributed by atoms with Crippen LogP contribution in [0.5, 0.6) is 0 Å². The van der Waals surface area contributed by atoms with Crippen molar-refractivity contribution in [3.63, 3.8) is 0 Å². The standard InChI is InChI=1S/C12H15ClN2O/c1-12(2,3)15-11-14-10-5-4-9(13)6-8(10)7-16-11/h4-6H,7H2,1-3H3,(H,14,15). The monoisotopic (exact) mass is 238 g/mol. The second-order valence-electron chi connectivity index (χ2n) is 4.80. The third-order valence-electron chi connectivity index (χ3n) is 2.11. The highest BCUT2D eigenvalue weighted by molar-refractivity contribution is 6.30. The van der Waals surface area contributed by atoms with E-state index in [1.165, 1.54) is 0 Å².